The Kier molecular flexibility index (Phi) is 2.23. The first kappa shape index (κ1) is 9.18. The average molecular weight is 192 g/mol. The Morgan fingerprint density at radius 2 is 2.14 bits per heavy atom. The number of benzene rings is 1. The van der Waals surface area contributed by atoms with Gasteiger partial charge in [0, 0.05) is 0 Å². The maximum Gasteiger partial charge on any atom is 0.215 e. The predicted molar refractivity (Wildman–Crippen MR) is 52.6 cm³/mol. The van der Waals surface area contributed by atoms with Crippen LogP contribution >= 0.6 is 0 Å². The number of aromatic nitrogens is 1. The van der Waals surface area contributed by atoms with Crippen LogP contribution in [0.15, 0.2) is 28.7 Å². The molecule has 0 amide bonds. The molecule has 0 spiro atoms. The number of oxazole rings is 1. The Labute approximate surface area is 81.4 Å². The highest BCUT2D eigenvalue weighted by Gasteiger charge is 2.18. The molecule has 0 saturated carbocycles. The fourth-order valence-electron chi connectivity index (χ4n) is 1.24. The third kappa shape index (κ3) is 1.49. The van der Waals surface area contributed by atoms with Crippen LogP contribution in [0.5, 0.6) is 0 Å². The second kappa shape index (κ2) is 3.40. The number of para-hydroxylation sites is 2. The SMILES string of the molecule is CC(O)C(N)c1nc2ccccc2o1. The summed E-state index contributed by atoms with van der Waals surface area (Å²) in [6, 6.07) is 6.84. The number of hydrogen-bond acceptors (Lipinski definition) is 4. The molecule has 1 heterocycles. The number of nitrogens with zero attached hydrogens (tertiary/aromatic N) is 1. The molecule has 0 saturated heterocycles. The fourth-order valence-corrected chi connectivity index (χ4v) is 1.24. The van der Waals surface area contributed by atoms with Crippen molar-refractivity contribution in [3.05, 3.63) is 30.2 Å². The summed E-state index contributed by atoms with van der Waals surface area (Å²) in [5.74, 6) is 0.376. The van der Waals surface area contributed by atoms with Gasteiger partial charge in [0.2, 0.25) is 5.89 Å². The van der Waals surface area contributed by atoms with Gasteiger partial charge in [0.1, 0.15) is 11.6 Å². The highest BCUT2D eigenvalue weighted by atomic mass is 16.4. The molecule has 14 heavy (non-hydrogen) atoms. The lowest BCUT2D eigenvalue weighted by Gasteiger charge is -2.09. The first-order valence-corrected chi connectivity index (χ1v) is 4.47. The maximum atomic E-state index is 9.27. The van der Waals surface area contributed by atoms with Crippen molar-refractivity contribution < 1.29 is 9.52 Å². The number of fused-ring (bicyclic) bond motifs is 1. The molecule has 0 aliphatic carbocycles. The van der Waals surface area contributed by atoms with Crippen molar-refractivity contribution in [2.45, 2.75) is 19.1 Å². The summed E-state index contributed by atoms with van der Waals surface area (Å²) in [7, 11) is 0. The summed E-state index contributed by atoms with van der Waals surface area (Å²) in [5.41, 5.74) is 7.15. The zero-order valence-electron chi connectivity index (χ0n) is 7.84. The number of aliphatic hydroxyl groups excluding tert-OH is 1. The van der Waals surface area contributed by atoms with Crippen molar-refractivity contribution in [2.75, 3.05) is 0 Å². The van der Waals surface area contributed by atoms with Gasteiger partial charge in [-0.1, -0.05) is 12.1 Å². The Balaban J connectivity index is 2.45. The molecule has 1 aromatic heterocycles. The van der Waals surface area contributed by atoms with Crippen molar-refractivity contribution in [1.82, 2.24) is 4.98 Å². The number of aliphatic hydroxyl groups is 1. The molecule has 74 valence electrons. The summed E-state index contributed by atoms with van der Waals surface area (Å²) >= 11 is 0. The van der Waals surface area contributed by atoms with Crippen molar-refractivity contribution >= 4 is 11.1 Å². The van der Waals surface area contributed by atoms with Crippen LogP contribution in [0.4, 0.5) is 0 Å². The Morgan fingerprint density at radius 3 is 2.79 bits per heavy atom. The summed E-state index contributed by atoms with van der Waals surface area (Å²) in [4.78, 5) is 4.18. The quantitative estimate of drug-likeness (QED) is 0.750. The Morgan fingerprint density at radius 1 is 1.43 bits per heavy atom. The average Bonchev–Trinajstić information content (AvgIpc) is 2.59. The molecule has 4 heteroatoms. The van der Waals surface area contributed by atoms with Gasteiger partial charge in [0.15, 0.2) is 5.58 Å². The van der Waals surface area contributed by atoms with Gasteiger partial charge in [-0.3, -0.25) is 0 Å². The van der Waals surface area contributed by atoms with Crippen LogP contribution in [0, 0.1) is 0 Å². The van der Waals surface area contributed by atoms with E-state index in [1.807, 2.05) is 24.3 Å². The van der Waals surface area contributed by atoms with Gasteiger partial charge < -0.3 is 15.3 Å². The molecule has 2 unspecified atom stereocenters. The predicted octanol–water partition coefficient (Wildman–Crippen LogP) is 1.21. The van der Waals surface area contributed by atoms with E-state index in [2.05, 4.69) is 4.98 Å². The molecule has 2 aromatic rings. The molecule has 0 aliphatic heterocycles. The van der Waals surface area contributed by atoms with Crippen molar-refractivity contribution in [3.8, 4) is 0 Å². The molecule has 0 bridgehead atoms. The number of rotatable bonds is 2. The van der Waals surface area contributed by atoms with Crippen LogP contribution in [0.1, 0.15) is 18.9 Å². The van der Waals surface area contributed by atoms with Gasteiger partial charge in [0.05, 0.1) is 6.10 Å². The number of hydrogen-bond donors (Lipinski definition) is 2. The minimum atomic E-state index is -0.664. The maximum absolute atomic E-state index is 9.27. The summed E-state index contributed by atoms with van der Waals surface area (Å²) in [6.07, 6.45) is -0.664. The molecule has 0 radical (unpaired) electrons. The molecule has 0 aliphatic rings. The Bertz CT molecular complexity index is 403. The van der Waals surface area contributed by atoms with Gasteiger partial charge in [0.25, 0.3) is 0 Å². The van der Waals surface area contributed by atoms with E-state index in [-0.39, 0.29) is 0 Å². The van der Waals surface area contributed by atoms with Crippen LogP contribution in [0.3, 0.4) is 0 Å². The largest absolute Gasteiger partial charge is 0.439 e. The smallest absolute Gasteiger partial charge is 0.215 e. The van der Waals surface area contributed by atoms with E-state index in [1.54, 1.807) is 6.92 Å². The van der Waals surface area contributed by atoms with Crippen LogP contribution in [-0.2, 0) is 0 Å². The van der Waals surface area contributed by atoms with Gasteiger partial charge in [-0.05, 0) is 19.1 Å². The van der Waals surface area contributed by atoms with E-state index in [1.165, 1.54) is 0 Å². The van der Waals surface area contributed by atoms with Gasteiger partial charge in [-0.2, -0.15) is 0 Å². The van der Waals surface area contributed by atoms with Crippen molar-refractivity contribution in [3.63, 3.8) is 0 Å². The minimum absolute atomic E-state index is 0.376. The first-order chi connectivity index (χ1) is 6.68. The van der Waals surface area contributed by atoms with Crippen LogP contribution in [0.2, 0.25) is 0 Å². The van der Waals surface area contributed by atoms with Gasteiger partial charge >= 0.3 is 0 Å². The normalized spacial score (nSPS) is 15.6. The molecule has 1 aromatic carbocycles. The van der Waals surface area contributed by atoms with E-state index in [0.29, 0.717) is 11.5 Å². The van der Waals surface area contributed by atoms with E-state index >= 15 is 0 Å². The van der Waals surface area contributed by atoms with Gasteiger partial charge in [-0.15, -0.1) is 0 Å². The van der Waals surface area contributed by atoms with E-state index < -0.39 is 12.1 Å². The lowest BCUT2D eigenvalue weighted by atomic mass is 10.2. The van der Waals surface area contributed by atoms with Crippen LogP contribution in [-0.4, -0.2) is 16.2 Å². The standard InChI is InChI=1S/C10H12N2O2/c1-6(13)9(11)10-12-7-4-2-3-5-8(7)14-10/h2-6,9,13H,11H2,1H3. The lowest BCUT2D eigenvalue weighted by molar-refractivity contribution is 0.152. The first-order valence-electron chi connectivity index (χ1n) is 4.47. The molecular weight excluding hydrogens is 180 g/mol. The molecule has 2 rings (SSSR count). The molecular formula is C10H12N2O2. The number of nitrogens with two attached hydrogens (primary N) is 1. The molecule has 0 fully saturated rings. The fraction of sp³-hybridized carbons (Fsp3) is 0.300. The zero-order valence-corrected chi connectivity index (χ0v) is 7.84. The van der Waals surface area contributed by atoms with E-state index in [9.17, 15) is 5.11 Å². The molecule has 2 atom stereocenters. The monoisotopic (exact) mass is 192 g/mol. The van der Waals surface area contributed by atoms with Crippen LogP contribution < -0.4 is 5.73 Å². The molecule has 3 N–H and O–H groups in total. The highest BCUT2D eigenvalue weighted by Crippen LogP contribution is 2.20. The minimum Gasteiger partial charge on any atom is -0.439 e. The summed E-state index contributed by atoms with van der Waals surface area (Å²) in [6.45, 7) is 1.61. The van der Waals surface area contributed by atoms with E-state index in [4.69, 9.17) is 10.2 Å². The third-order valence-corrected chi connectivity index (χ3v) is 2.12. The second-order valence-electron chi connectivity index (χ2n) is 3.29. The topological polar surface area (TPSA) is 72.3 Å². The van der Waals surface area contributed by atoms with E-state index in [0.717, 1.165) is 5.52 Å². The zero-order chi connectivity index (χ0) is 10.1. The second-order valence-corrected chi connectivity index (χ2v) is 3.29. The third-order valence-electron chi connectivity index (χ3n) is 2.12. The van der Waals surface area contributed by atoms with Gasteiger partial charge in [-0.25, -0.2) is 4.98 Å². The summed E-state index contributed by atoms with van der Waals surface area (Å²) < 4.78 is 5.40. The summed E-state index contributed by atoms with van der Waals surface area (Å²) in [5, 5.41) is 9.27. The van der Waals surface area contributed by atoms with Crippen molar-refractivity contribution in [2.24, 2.45) is 5.73 Å². The highest BCUT2D eigenvalue weighted by molar-refractivity contribution is 5.72. The Hall–Kier alpha value is -1.39. The van der Waals surface area contributed by atoms with Crippen molar-refractivity contribution in [1.29, 1.82) is 0 Å². The van der Waals surface area contributed by atoms with Crippen LogP contribution in [0.25, 0.3) is 11.1 Å². The lowest BCUT2D eigenvalue weighted by Crippen LogP contribution is -2.23. The molecule has 4 nitrogen and oxygen atoms in total.